The van der Waals surface area contributed by atoms with Crippen molar-refractivity contribution in [2.45, 2.75) is 26.2 Å². The first-order valence-electron chi connectivity index (χ1n) is 7.75. The number of methoxy groups -OCH3 is 1. The Labute approximate surface area is 131 Å². The number of pyridine rings is 1. The van der Waals surface area contributed by atoms with Crippen LogP contribution in [0.5, 0.6) is 5.75 Å². The van der Waals surface area contributed by atoms with Gasteiger partial charge in [0.1, 0.15) is 11.3 Å². The summed E-state index contributed by atoms with van der Waals surface area (Å²) in [5, 5.41) is 1.21. The molecule has 0 saturated heterocycles. The summed E-state index contributed by atoms with van der Waals surface area (Å²) in [5.41, 5.74) is 4.78. The number of aromatic nitrogens is 1. The second-order valence-corrected chi connectivity index (χ2v) is 5.62. The zero-order valence-corrected chi connectivity index (χ0v) is 13.2. The number of ether oxygens (including phenoxy) is 1. The first kappa shape index (κ1) is 14.6. The van der Waals surface area contributed by atoms with Crippen LogP contribution in [0.3, 0.4) is 0 Å². The van der Waals surface area contributed by atoms with Crippen molar-refractivity contribution in [2.75, 3.05) is 7.11 Å². The average Bonchev–Trinajstić information content (AvgIpc) is 2.55. The summed E-state index contributed by atoms with van der Waals surface area (Å²) in [6.07, 6.45) is 3.30. The van der Waals surface area contributed by atoms with E-state index in [4.69, 9.17) is 4.74 Å². The van der Waals surface area contributed by atoms with Gasteiger partial charge in [-0.3, -0.25) is 0 Å². The lowest BCUT2D eigenvalue weighted by atomic mass is 10.00. The minimum atomic E-state index is 0.852. The fraction of sp³-hybridized carbons (Fsp3) is 0.250. The van der Waals surface area contributed by atoms with Crippen molar-refractivity contribution in [1.29, 1.82) is 0 Å². The Morgan fingerprint density at radius 3 is 2.55 bits per heavy atom. The summed E-state index contributed by atoms with van der Waals surface area (Å²) < 4.78 is 5.45. The van der Waals surface area contributed by atoms with Gasteiger partial charge >= 0.3 is 0 Å². The number of hydrogen-bond acceptors (Lipinski definition) is 2. The van der Waals surface area contributed by atoms with Crippen molar-refractivity contribution in [3.63, 3.8) is 0 Å². The minimum Gasteiger partial charge on any atom is -0.494 e. The van der Waals surface area contributed by atoms with E-state index in [0.29, 0.717) is 0 Å². The van der Waals surface area contributed by atoms with Crippen LogP contribution in [0.25, 0.3) is 10.9 Å². The van der Waals surface area contributed by atoms with Crippen LogP contribution >= 0.6 is 0 Å². The fourth-order valence-corrected chi connectivity index (χ4v) is 2.93. The molecule has 2 heteroatoms. The van der Waals surface area contributed by atoms with Crippen molar-refractivity contribution in [3.8, 4) is 5.75 Å². The Morgan fingerprint density at radius 2 is 1.77 bits per heavy atom. The molecule has 0 spiro atoms. The summed E-state index contributed by atoms with van der Waals surface area (Å²) in [6.45, 7) is 2.05. The summed E-state index contributed by atoms with van der Waals surface area (Å²) in [4.78, 5) is 4.65. The lowest BCUT2D eigenvalue weighted by Gasteiger charge is -2.10. The smallest absolute Gasteiger partial charge is 0.145 e. The number of fused-ring (bicyclic) bond motifs is 1. The maximum absolute atomic E-state index is 5.45. The zero-order valence-electron chi connectivity index (χ0n) is 13.2. The standard InChI is InChI=1S/C20H21NO/c1-15-14-17(11-6-10-16-8-4-3-5-9-16)18-12-7-13-19(22-2)20(18)21-15/h3-5,7-9,12-14H,6,10-11H2,1-2H3. The predicted octanol–water partition coefficient (Wildman–Crippen LogP) is 4.73. The highest BCUT2D eigenvalue weighted by Crippen LogP contribution is 2.27. The molecule has 0 aliphatic rings. The van der Waals surface area contributed by atoms with Gasteiger partial charge in [0.2, 0.25) is 0 Å². The molecule has 2 nitrogen and oxygen atoms in total. The normalized spacial score (nSPS) is 10.8. The molecular weight excluding hydrogens is 270 g/mol. The Hall–Kier alpha value is -2.35. The molecule has 1 aromatic heterocycles. The van der Waals surface area contributed by atoms with Crippen molar-refractivity contribution in [3.05, 3.63) is 71.4 Å². The molecule has 0 atom stereocenters. The number of nitrogens with zero attached hydrogens (tertiary/aromatic N) is 1. The molecule has 0 amide bonds. The second kappa shape index (κ2) is 6.61. The van der Waals surface area contributed by atoms with Crippen LogP contribution in [-0.2, 0) is 12.8 Å². The van der Waals surface area contributed by atoms with Gasteiger partial charge in [-0.25, -0.2) is 4.98 Å². The number of benzene rings is 2. The van der Waals surface area contributed by atoms with Gasteiger partial charge in [0, 0.05) is 11.1 Å². The third kappa shape index (κ3) is 3.11. The van der Waals surface area contributed by atoms with E-state index in [1.54, 1.807) is 7.11 Å². The number of aryl methyl sites for hydroxylation is 3. The van der Waals surface area contributed by atoms with Crippen LogP contribution in [-0.4, -0.2) is 12.1 Å². The molecule has 0 radical (unpaired) electrons. The van der Waals surface area contributed by atoms with E-state index in [1.165, 1.54) is 16.5 Å². The lowest BCUT2D eigenvalue weighted by Crippen LogP contribution is -1.96. The van der Waals surface area contributed by atoms with Gasteiger partial charge in [0.15, 0.2) is 0 Å². The number of rotatable bonds is 5. The predicted molar refractivity (Wildman–Crippen MR) is 91.5 cm³/mol. The largest absolute Gasteiger partial charge is 0.494 e. The molecule has 0 unspecified atom stereocenters. The van der Waals surface area contributed by atoms with E-state index >= 15 is 0 Å². The Kier molecular flexibility index (Phi) is 4.38. The lowest BCUT2D eigenvalue weighted by molar-refractivity contribution is 0.419. The van der Waals surface area contributed by atoms with Crippen molar-refractivity contribution in [2.24, 2.45) is 0 Å². The molecule has 0 aliphatic carbocycles. The van der Waals surface area contributed by atoms with Gasteiger partial charge in [-0.05, 0) is 49.4 Å². The molecule has 0 aliphatic heterocycles. The maximum Gasteiger partial charge on any atom is 0.145 e. The summed E-state index contributed by atoms with van der Waals surface area (Å²) in [5.74, 6) is 0.852. The molecule has 0 N–H and O–H groups in total. The third-order valence-electron chi connectivity index (χ3n) is 3.99. The Morgan fingerprint density at radius 1 is 0.955 bits per heavy atom. The maximum atomic E-state index is 5.45. The van der Waals surface area contributed by atoms with E-state index < -0.39 is 0 Å². The van der Waals surface area contributed by atoms with Crippen molar-refractivity contribution in [1.82, 2.24) is 4.98 Å². The van der Waals surface area contributed by atoms with Gasteiger partial charge in [0.25, 0.3) is 0 Å². The van der Waals surface area contributed by atoms with E-state index in [0.717, 1.165) is 36.2 Å². The first-order chi connectivity index (χ1) is 10.8. The van der Waals surface area contributed by atoms with Crippen LogP contribution in [0.4, 0.5) is 0 Å². The summed E-state index contributed by atoms with van der Waals surface area (Å²) >= 11 is 0. The van der Waals surface area contributed by atoms with E-state index in [-0.39, 0.29) is 0 Å². The van der Waals surface area contributed by atoms with Gasteiger partial charge < -0.3 is 4.74 Å². The van der Waals surface area contributed by atoms with Gasteiger partial charge in [-0.15, -0.1) is 0 Å². The molecule has 0 bridgehead atoms. The summed E-state index contributed by atoms with van der Waals surface area (Å²) in [7, 11) is 1.70. The molecule has 0 saturated carbocycles. The number of para-hydroxylation sites is 1. The monoisotopic (exact) mass is 291 g/mol. The van der Waals surface area contributed by atoms with Crippen LogP contribution in [0.15, 0.2) is 54.6 Å². The Bertz CT molecular complexity index is 765. The van der Waals surface area contributed by atoms with Crippen LogP contribution < -0.4 is 4.74 Å². The molecule has 0 fully saturated rings. The highest BCUT2D eigenvalue weighted by molar-refractivity contribution is 5.87. The van der Waals surface area contributed by atoms with Gasteiger partial charge in [-0.2, -0.15) is 0 Å². The van der Waals surface area contributed by atoms with Crippen LogP contribution in [0.1, 0.15) is 23.2 Å². The molecule has 3 aromatic rings. The minimum absolute atomic E-state index is 0.852. The van der Waals surface area contributed by atoms with Crippen LogP contribution in [0.2, 0.25) is 0 Å². The second-order valence-electron chi connectivity index (χ2n) is 5.62. The van der Waals surface area contributed by atoms with E-state index in [1.807, 2.05) is 19.1 Å². The average molecular weight is 291 g/mol. The quantitative estimate of drug-likeness (QED) is 0.678. The van der Waals surface area contributed by atoms with E-state index in [9.17, 15) is 0 Å². The first-order valence-corrected chi connectivity index (χ1v) is 7.75. The van der Waals surface area contributed by atoms with Crippen molar-refractivity contribution < 1.29 is 4.74 Å². The molecule has 1 heterocycles. The van der Waals surface area contributed by atoms with Crippen LogP contribution in [0, 0.1) is 6.92 Å². The van der Waals surface area contributed by atoms with E-state index in [2.05, 4.69) is 47.4 Å². The fourth-order valence-electron chi connectivity index (χ4n) is 2.93. The topological polar surface area (TPSA) is 22.1 Å². The molecule has 112 valence electrons. The van der Waals surface area contributed by atoms with Crippen molar-refractivity contribution >= 4 is 10.9 Å². The highest BCUT2D eigenvalue weighted by atomic mass is 16.5. The summed E-state index contributed by atoms with van der Waals surface area (Å²) in [6, 6.07) is 19.0. The molecule has 2 aromatic carbocycles. The Balaban J connectivity index is 1.84. The molecule has 3 rings (SSSR count). The molecule has 22 heavy (non-hydrogen) atoms. The zero-order chi connectivity index (χ0) is 15.4. The van der Waals surface area contributed by atoms with Gasteiger partial charge in [-0.1, -0.05) is 42.5 Å². The third-order valence-corrected chi connectivity index (χ3v) is 3.99. The molecular formula is C20H21NO. The highest BCUT2D eigenvalue weighted by Gasteiger charge is 2.08. The SMILES string of the molecule is COc1cccc2c(CCCc3ccccc3)cc(C)nc12. The van der Waals surface area contributed by atoms with Gasteiger partial charge in [0.05, 0.1) is 7.11 Å². The number of hydrogen-bond donors (Lipinski definition) is 0.